The molecule has 2 aromatic rings. The first-order chi connectivity index (χ1) is 8.51. The standard InChI is InChI=1S/C13H14N2O3/c1-7-4-11(17)10-5-9(15-8(2)16)6-12(18-3)13(10)14-7/h4-6H,1-3H3,(H,14,17)(H,15,16). The molecule has 0 radical (unpaired) electrons. The van der Waals surface area contributed by atoms with Crippen LogP contribution in [0.5, 0.6) is 5.75 Å². The number of carbonyl (C=O) groups excluding carboxylic acids is 1. The number of rotatable bonds is 2. The SMILES string of the molecule is COc1cc(NC(C)=O)cc2c(=O)cc(C)[nH]c12. The Kier molecular flexibility index (Phi) is 3.06. The molecule has 0 atom stereocenters. The fourth-order valence-corrected chi connectivity index (χ4v) is 1.88. The summed E-state index contributed by atoms with van der Waals surface area (Å²) < 4.78 is 5.24. The molecule has 0 unspecified atom stereocenters. The Bertz CT molecular complexity index is 674. The van der Waals surface area contributed by atoms with Crippen LogP contribution in [-0.4, -0.2) is 18.0 Å². The van der Waals surface area contributed by atoms with E-state index < -0.39 is 0 Å². The number of amides is 1. The largest absolute Gasteiger partial charge is 0.494 e. The number of carbonyl (C=O) groups is 1. The van der Waals surface area contributed by atoms with Gasteiger partial charge in [-0.2, -0.15) is 0 Å². The van der Waals surface area contributed by atoms with E-state index in [1.807, 2.05) is 6.92 Å². The lowest BCUT2D eigenvalue weighted by Gasteiger charge is -2.10. The lowest BCUT2D eigenvalue weighted by Crippen LogP contribution is -2.09. The highest BCUT2D eigenvalue weighted by Gasteiger charge is 2.09. The van der Waals surface area contributed by atoms with Crippen LogP contribution in [0.1, 0.15) is 12.6 Å². The maximum Gasteiger partial charge on any atom is 0.221 e. The first-order valence-electron chi connectivity index (χ1n) is 5.50. The van der Waals surface area contributed by atoms with E-state index in [9.17, 15) is 9.59 Å². The quantitative estimate of drug-likeness (QED) is 0.848. The van der Waals surface area contributed by atoms with E-state index in [4.69, 9.17) is 4.74 Å². The van der Waals surface area contributed by atoms with Gasteiger partial charge in [0, 0.05) is 30.4 Å². The molecule has 1 aromatic heterocycles. The van der Waals surface area contributed by atoms with Gasteiger partial charge in [-0.3, -0.25) is 9.59 Å². The molecule has 1 amide bonds. The average molecular weight is 246 g/mol. The van der Waals surface area contributed by atoms with Gasteiger partial charge in [0.05, 0.1) is 18.0 Å². The number of aromatic amines is 1. The van der Waals surface area contributed by atoms with Crippen LogP contribution in [0.2, 0.25) is 0 Å². The van der Waals surface area contributed by atoms with Gasteiger partial charge in [-0.05, 0) is 13.0 Å². The second kappa shape index (κ2) is 4.52. The van der Waals surface area contributed by atoms with Crippen molar-refractivity contribution in [2.24, 2.45) is 0 Å². The molecule has 1 heterocycles. The lowest BCUT2D eigenvalue weighted by molar-refractivity contribution is -0.114. The van der Waals surface area contributed by atoms with Gasteiger partial charge in [0.15, 0.2) is 5.43 Å². The van der Waals surface area contributed by atoms with E-state index in [0.717, 1.165) is 5.69 Å². The van der Waals surface area contributed by atoms with Crippen LogP contribution in [0.25, 0.3) is 10.9 Å². The number of nitrogens with one attached hydrogen (secondary N) is 2. The monoisotopic (exact) mass is 246 g/mol. The molecule has 0 bridgehead atoms. The Morgan fingerprint density at radius 3 is 2.67 bits per heavy atom. The number of aromatic nitrogens is 1. The Balaban J connectivity index is 2.75. The number of benzene rings is 1. The average Bonchev–Trinajstić information content (AvgIpc) is 2.28. The molecule has 94 valence electrons. The van der Waals surface area contributed by atoms with Crippen LogP contribution in [0.3, 0.4) is 0 Å². The molecular weight excluding hydrogens is 232 g/mol. The van der Waals surface area contributed by atoms with Crippen LogP contribution in [0.4, 0.5) is 5.69 Å². The number of aryl methyl sites for hydroxylation is 1. The number of hydrogen-bond donors (Lipinski definition) is 2. The van der Waals surface area contributed by atoms with Crippen LogP contribution in [-0.2, 0) is 4.79 Å². The normalized spacial score (nSPS) is 10.4. The molecule has 0 fully saturated rings. The van der Waals surface area contributed by atoms with Gasteiger partial charge in [-0.1, -0.05) is 0 Å². The third-order valence-corrected chi connectivity index (χ3v) is 2.58. The Hall–Kier alpha value is -2.30. The Labute approximate surface area is 104 Å². The van der Waals surface area contributed by atoms with Crippen molar-refractivity contribution in [1.29, 1.82) is 0 Å². The number of methoxy groups -OCH3 is 1. The Morgan fingerprint density at radius 2 is 2.06 bits per heavy atom. The fraction of sp³-hybridized carbons (Fsp3) is 0.231. The van der Waals surface area contributed by atoms with Crippen molar-refractivity contribution in [2.75, 3.05) is 12.4 Å². The molecule has 2 rings (SSSR count). The summed E-state index contributed by atoms with van der Waals surface area (Å²) in [5.41, 5.74) is 1.84. The minimum Gasteiger partial charge on any atom is -0.494 e. The van der Waals surface area contributed by atoms with Crippen molar-refractivity contribution in [3.8, 4) is 5.75 Å². The van der Waals surface area contributed by atoms with Crippen molar-refractivity contribution in [1.82, 2.24) is 4.98 Å². The summed E-state index contributed by atoms with van der Waals surface area (Å²) in [5.74, 6) is 0.331. The third kappa shape index (κ3) is 2.20. The van der Waals surface area contributed by atoms with Crippen LogP contribution in [0, 0.1) is 6.92 Å². The van der Waals surface area contributed by atoms with E-state index in [-0.39, 0.29) is 11.3 Å². The van der Waals surface area contributed by atoms with Crippen molar-refractivity contribution < 1.29 is 9.53 Å². The number of H-pyrrole nitrogens is 1. The van der Waals surface area contributed by atoms with E-state index in [1.165, 1.54) is 20.1 Å². The van der Waals surface area contributed by atoms with E-state index in [1.54, 1.807) is 12.1 Å². The summed E-state index contributed by atoms with van der Waals surface area (Å²) in [6, 6.07) is 4.83. The Morgan fingerprint density at radius 1 is 1.33 bits per heavy atom. The molecule has 0 aliphatic heterocycles. The van der Waals surface area contributed by atoms with Crippen LogP contribution in [0.15, 0.2) is 23.0 Å². The van der Waals surface area contributed by atoms with Gasteiger partial charge in [0.2, 0.25) is 5.91 Å². The summed E-state index contributed by atoms with van der Waals surface area (Å²) in [6.45, 7) is 3.22. The number of ether oxygens (including phenoxy) is 1. The van der Waals surface area contributed by atoms with E-state index >= 15 is 0 Å². The predicted molar refractivity (Wildman–Crippen MR) is 70.2 cm³/mol. The van der Waals surface area contributed by atoms with Crippen molar-refractivity contribution in [3.05, 3.63) is 34.1 Å². The van der Waals surface area contributed by atoms with E-state index in [2.05, 4.69) is 10.3 Å². The highest BCUT2D eigenvalue weighted by atomic mass is 16.5. The van der Waals surface area contributed by atoms with Crippen molar-refractivity contribution in [3.63, 3.8) is 0 Å². The van der Waals surface area contributed by atoms with Crippen molar-refractivity contribution in [2.45, 2.75) is 13.8 Å². The molecule has 0 spiro atoms. The lowest BCUT2D eigenvalue weighted by atomic mass is 10.1. The second-order valence-corrected chi connectivity index (χ2v) is 4.10. The molecule has 5 heteroatoms. The molecule has 0 aliphatic carbocycles. The summed E-state index contributed by atoms with van der Waals surface area (Å²) in [6.07, 6.45) is 0. The van der Waals surface area contributed by atoms with Crippen LogP contribution >= 0.6 is 0 Å². The maximum atomic E-state index is 11.9. The highest BCUT2D eigenvalue weighted by Crippen LogP contribution is 2.26. The van der Waals surface area contributed by atoms with Gasteiger partial charge in [0.25, 0.3) is 0 Å². The van der Waals surface area contributed by atoms with Gasteiger partial charge in [-0.15, -0.1) is 0 Å². The first-order valence-corrected chi connectivity index (χ1v) is 5.50. The maximum absolute atomic E-state index is 11.9. The summed E-state index contributed by atoms with van der Waals surface area (Å²) in [7, 11) is 1.52. The number of pyridine rings is 1. The zero-order chi connectivity index (χ0) is 13.3. The molecule has 2 N–H and O–H groups in total. The fourth-order valence-electron chi connectivity index (χ4n) is 1.88. The molecule has 18 heavy (non-hydrogen) atoms. The molecular formula is C13H14N2O3. The van der Waals surface area contributed by atoms with Gasteiger partial charge in [-0.25, -0.2) is 0 Å². The van der Waals surface area contributed by atoms with Gasteiger partial charge in [0.1, 0.15) is 5.75 Å². The van der Waals surface area contributed by atoms with E-state index in [0.29, 0.717) is 22.3 Å². The zero-order valence-corrected chi connectivity index (χ0v) is 10.5. The predicted octanol–water partition coefficient (Wildman–Crippen LogP) is 1.80. The van der Waals surface area contributed by atoms with Crippen LogP contribution < -0.4 is 15.5 Å². The number of hydrogen-bond acceptors (Lipinski definition) is 3. The molecule has 0 aliphatic rings. The molecule has 0 saturated carbocycles. The first kappa shape index (κ1) is 12.2. The smallest absolute Gasteiger partial charge is 0.221 e. The van der Waals surface area contributed by atoms with Gasteiger partial charge < -0.3 is 15.0 Å². The van der Waals surface area contributed by atoms with Crippen molar-refractivity contribution >= 4 is 22.5 Å². The summed E-state index contributed by atoms with van der Waals surface area (Å²) in [5, 5.41) is 3.13. The molecule has 0 saturated heterocycles. The number of fused-ring (bicyclic) bond motifs is 1. The number of anilines is 1. The molecule has 1 aromatic carbocycles. The zero-order valence-electron chi connectivity index (χ0n) is 10.5. The molecule has 5 nitrogen and oxygen atoms in total. The summed E-state index contributed by atoms with van der Waals surface area (Å²) >= 11 is 0. The minimum absolute atomic E-state index is 0.105. The minimum atomic E-state index is -0.194. The second-order valence-electron chi connectivity index (χ2n) is 4.10. The van der Waals surface area contributed by atoms with Gasteiger partial charge >= 0.3 is 0 Å². The highest BCUT2D eigenvalue weighted by molar-refractivity contribution is 5.94. The third-order valence-electron chi connectivity index (χ3n) is 2.58. The summed E-state index contributed by atoms with van der Waals surface area (Å²) in [4.78, 5) is 26.1. The topological polar surface area (TPSA) is 71.2 Å².